The van der Waals surface area contributed by atoms with E-state index in [2.05, 4.69) is 5.32 Å². The monoisotopic (exact) mass is 395 g/mol. The second-order valence-electron chi connectivity index (χ2n) is 4.60. The zero-order valence-corrected chi connectivity index (χ0v) is 13.1. The zero-order chi connectivity index (χ0) is 14.8. The molecule has 21 heavy (non-hydrogen) atoms. The Morgan fingerprint density at radius 3 is 2.86 bits per heavy atom. The van der Waals surface area contributed by atoms with Crippen LogP contribution in [0.3, 0.4) is 0 Å². The van der Waals surface area contributed by atoms with Crippen LogP contribution in [-0.2, 0) is 6.54 Å². The van der Waals surface area contributed by atoms with Gasteiger partial charge < -0.3 is 9.73 Å². The molecule has 3 nitrogen and oxygen atoms in total. The van der Waals surface area contributed by atoms with Gasteiger partial charge in [-0.2, -0.15) is 0 Å². The highest BCUT2D eigenvalue weighted by Crippen LogP contribution is 2.17. The van der Waals surface area contributed by atoms with Crippen LogP contribution in [0, 0.1) is 9.39 Å². The highest BCUT2D eigenvalue weighted by atomic mass is 127. The first kappa shape index (κ1) is 14.1. The number of amides is 1. The predicted octanol–water partition coefficient (Wildman–Crippen LogP) is 4.11. The van der Waals surface area contributed by atoms with E-state index in [0.29, 0.717) is 15.7 Å². The van der Waals surface area contributed by atoms with E-state index in [1.807, 2.05) is 46.9 Å². The maximum absolute atomic E-state index is 13.0. The molecule has 106 valence electrons. The van der Waals surface area contributed by atoms with Crippen molar-refractivity contribution in [1.82, 2.24) is 5.32 Å². The van der Waals surface area contributed by atoms with Crippen molar-refractivity contribution in [1.29, 1.82) is 0 Å². The molecule has 3 aromatic rings. The van der Waals surface area contributed by atoms with Gasteiger partial charge >= 0.3 is 0 Å². The number of hydrogen-bond acceptors (Lipinski definition) is 2. The van der Waals surface area contributed by atoms with Gasteiger partial charge in [0.2, 0.25) is 0 Å². The van der Waals surface area contributed by atoms with E-state index >= 15 is 0 Å². The van der Waals surface area contributed by atoms with Crippen molar-refractivity contribution in [2.75, 3.05) is 0 Å². The van der Waals surface area contributed by atoms with Crippen LogP contribution in [0.1, 0.15) is 15.9 Å². The Balaban J connectivity index is 1.73. The largest absolute Gasteiger partial charge is 0.464 e. The van der Waals surface area contributed by atoms with E-state index in [-0.39, 0.29) is 11.7 Å². The Labute approximate surface area is 134 Å². The lowest BCUT2D eigenvalue weighted by atomic mass is 10.1. The van der Waals surface area contributed by atoms with E-state index in [1.165, 1.54) is 18.2 Å². The predicted molar refractivity (Wildman–Crippen MR) is 86.5 cm³/mol. The molecule has 0 saturated heterocycles. The van der Waals surface area contributed by atoms with Gasteiger partial charge in [0, 0.05) is 15.5 Å². The van der Waals surface area contributed by atoms with Crippen LogP contribution in [0.5, 0.6) is 0 Å². The Morgan fingerprint density at radius 1 is 1.19 bits per heavy atom. The summed E-state index contributed by atoms with van der Waals surface area (Å²) in [5, 5.41) is 3.85. The standard InChI is InChI=1S/C16H11FINO2/c17-12-3-4-13(14(18)8-12)16(20)19-9-10-1-2-11-5-6-21-15(11)7-10/h1-8H,9H2,(H,19,20). The Bertz CT molecular complexity index is 813. The van der Waals surface area contributed by atoms with E-state index in [1.54, 1.807) is 6.26 Å². The van der Waals surface area contributed by atoms with Gasteiger partial charge in [-0.05, 0) is 58.5 Å². The van der Waals surface area contributed by atoms with Crippen molar-refractivity contribution >= 4 is 39.5 Å². The topological polar surface area (TPSA) is 42.2 Å². The lowest BCUT2D eigenvalue weighted by Gasteiger charge is -2.07. The van der Waals surface area contributed by atoms with Crippen LogP contribution in [0.15, 0.2) is 53.1 Å². The molecular weight excluding hydrogens is 384 g/mol. The number of nitrogens with one attached hydrogen (secondary N) is 1. The first-order valence-electron chi connectivity index (χ1n) is 6.33. The van der Waals surface area contributed by atoms with Gasteiger partial charge in [0.1, 0.15) is 11.4 Å². The number of rotatable bonds is 3. The van der Waals surface area contributed by atoms with Crippen LogP contribution >= 0.6 is 22.6 Å². The minimum atomic E-state index is -0.348. The smallest absolute Gasteiger partial charge is 0.252 e. The summed E-state index contributed by atoms with van der Waals surface area (Å²) < 4.78 is 18.9. The molecule has 0 spiro atoms. The Kier molecular flexibility index (Phi) is 3.92. The van der Waals surface area contributed by atoms with E-state index in [4.69, 9.17) is 4.42 Å². The fourth-order valence-corrected chi connectivity index (χ4v) is 2.78. The summed E-state index contributed by atoms with van der Waals surface area (Å²) in [5.41, 5.74) is 2.21. The molecule has 0 unspecified atom stereocenters. The van der Waals surface area contributed by atoms with E-state index in [0.717, 1.165) is 16.5 Å². The summed E-state index contributed by atoms with van der Waals surface area (Å²) in [7, 11) is 0. The van der Waals surface area contributed by atoms with E-state index < -0.39 is 0 Å². The molecule has 1 heterocycles. The van der Waals surface area contributed by atoms with Crippen molar-refractivity contribution in [2.45, 2.75) is 6.54 Å². The van der Waals surface area contributed by atoms with Gasteiger partial charge in [-0.1, -0.05) is 12.1 Å². The third kappa shape index (κ3) is 3.07. The average molecular weight is 395 g/mol. The molecule has 0 radical (unpaired) electrons. The first-order chi connectivity index (χ1) is 10.1. The fraction of sp³-hybridized carbons (Fsp3) is 0.0625. The Morgan fingerprint density at radius 2 is 2.05 bits per heavy atom. The van der Waals surface area contributed by atoms with Crippen LogP contribution in [0.2, 0.25) is 0 Å². The van der Waals surface area contributed by atoms with Gasteiger partial charge in [-0.3, -0.25) is 4.79 Å². The first-order valence-corrected chi connectivity index (χ1v) is 7.41. The normalized spacial score (nSPS) is 10.8. The molecule has 0 aliphatic carbocycles. The van der Waals surface area contributed by atoms with Crippen LogP contribution < -0.4 is 5.32 Å². The molecule has 0 atom stereocenters. The highest BCUT2D eigenvalue weighted by Gasteiger charge is 2.10. The zero-order valence-electron chi connectivity index (χ0n) is 10.9. The minimum absolute atomic E-state index is 0.223. The molecule has 2 aromatic carbocycles. The van der Waals surface area contributed by atoms with E-state index in [9.17, 15) is 9.18 Å². The van der Waals surface area contributed by atoms with Crippen LogP contribution in [0.4, 0.5) is 4.39 Å². The van der Waals surface area contributed by atoms with Crippen LogP contribution in [-0.4, -0.2) is 5.91 Å². The minimum Gasteiger partial charge on any atom is -0.464 e. The number of benzene rings is 2. The summed E-state index contributed by atoms with van der Waals surface area (Å²) >= 11 is 1.95. The lowest BCUT2D eigenvalue weighted by molar-refractivity contribution is 0.0950. The molecule has 5 heteroatoms. The molecular formula is C16H11FINO2. The lowest BCUT2D eigenvalue weighted by Crippen LogP contribution is -2.23. The number of fused-ring (bicyclic) bond motifs is 1. The van der Waals surface area contributed by atoms with Gasteiger partial charge in [0.05, 0.1) is 11.8 Å². The van der Waals surface area contributed by atoms with Crippen molar-refractivity contribution in [3.8, 4) is 0 Å². The summed E-state index contributed by atoms with van der Waals surface area (Å²) in [6.07, 6.45) is 1.63. The van der Waals surface area contributed by atoms with Crippen LogP contribution in [0.25, 0.3) is 11.0 Å². The number of hydrogen-bond donors (Lipinski definition) is 1. The third-order valence-corrected chi connectivity index (χ3v) is 4.04. The molecule has 0 saturated carbocycles. The van der Waals surface area contributed by atoms with Crippen molar-refractivity contribution in [2.24, 2.45) is 0 Å². The summed E-state index contributed by atoms with van der Waals surface area (Å²) in [4.78, 5) is 12.1. The number of halogens is 2. The second-order valence-corrected chi connectivity index (χ2v) is 5.76. The van der Waals surface area contributed by atoms with Gasteiger partial charge in [0.25, 0.3) is 5.91 Å². The quantitative estimate of drug-likeness (QED) is 0.679. The summed E-state index contributed by atoms with van der Waals surface area (Å²) in [6, 6.07) is 11.8. The maximum atomic E-state index is 13.0. The van der Waals surface area contributed by atoms with Gasteiger partial charge in [-0.25, -0.2) is 4.39 Å². The average Bonchev–Trinajstić information content (AvgIpc) is 2.92. The van der Waals surface area contributed by atoms with Crippen molar-refractivity contribution < 1.29 is 13.6 Å². The van der Waals surface area contributed by atoms with Gasteiger partial charge in [-0.15, -0.1) is 0 Å². The van der Waals surface area contributed by atoms with Crippen molar-refractivity contribution in [3.63, 3.8) is 0 Å². The number of carbonyl (C=O) groups is 1. The fourth-order valence-electron chi connectivity index (χ4n) is 2.06. The van der Waals surface area contributed by atoms with Crippen molar-refractivity contribution in [3.05, 3.63) is 69.2 Å². The molecule has 0 aliphatic rings. The Hall–Kier alpha value is -1.89. The number of carbonyl (C=O) groups excluding carboxylic acids is 1. The molecule has 1 aromatic heterocycles. The molecule has 1 amide bonds. The molecule has 0 bridgehead atoms. The molecule has 0 aliphatic heterocycles. The highest BCUT2D eigenvalue weighted by molar-refractivity contribution is 14.1. The third-order valence-electron chi connectivity index (χ3n) is 3.15. The summed E-state index contributed by atoms with van der Waals surface area (Å²) in [5.74, 6) is -0.571. The molecule has 0 fully saturated rings. The van der Waals surface area contributed by atoms with Gasteiger partial charge in [0.15, 0.2) is 0 Å². The molecule has 1 N–H and O–H groups in total. The SMILES string of the molecule is O=C(NCc1ccc2ccoc2c1)c1ccc(F)cc1I. The summed E-state index contributed by atoms with van der Waals surface area (Å²) in [6.45, 7) is 0.392. The maximum Gasteiger partial charge on any atom is 0.252 e. The molecule has 3 rings (SSSR count). The second kappa shape index (κ2) is 5.85. The number of furan rings is 1.